The van der Waals surface area contributed by atoms with Gasteiger partial charge in [-0.3, -0.25) is 0 Å². The number of fused-ring (bicyclic) bond motifs is 1. The van der Waals surface area contributed by atoms with Gasteiger partial charge in [-0.1, -0.05) is 0 Å². The zero-order valence-corrected chi connectivity index (χ0v) is 8.64. The van der Waals surface area contributed by atoms with Crippen molar-refractivity contribution >= 4 is 11.8 Å². The number of hydrogen-bond donors (Lipinski definition) is 2. The van der Waals surface area contributed by atoms with Gasteiger partial charge in [-0.2, -0.15) is 0 Å². The molecular formula is C10H12FNOS. The number of rotatable bonds is 1. The van der Waals surface area contributed by atoms with Gasteiger partial charge < -0.3 is 10.4 Å². The Kier molecular flexibility index (Phi) is 2.76. The number of aliphatic hydroxyl groups excluding tert-OH is 1. The van der Waals surface area contributed by atoms with Gasteiger partial charge in [0.1, 0.15) is 5.82 Å². The number of hydrogen-bond acceptors (Lipinski definition) is 3. The third-order valence-corrected chi connectivity index (χ3v) is 3.67. The Morgan fingerprint density at radius 1 is 1.57 bits per heavy atom. The van der Waals surface area contributed by atoms with Crippen LogP contribution < -0.4 is 5.32 Å². The number of halogens is 1. The van der Waals surface area contributed by atoms with Gasteiger partial charge in [0.25, 0.3) is 0 Å². The summed E-state index contributed by atoms with van der Waals surface area (Å²) in [5.74, 6) is 0.524. The Bertz CT molecular complexity index is 345. The maximum absolute atomic E-state index is 13.0. The van der Waals surface area contributed by atoms with E-state index in [1.165, 1.54) is 12.1 Å². The van der Waals surface area contributed by atoms with Gasteiger partial charge in [0.15, 0.2) is 0 Å². The molecule has 1 heterocycles. The van der Waals surface area contributed by atoms with Crippen LogP contribution in [0.15, 0.2) is 23.1 Å². The number of nitrogens with one attached hydrogen (secondary N) is 1. The van der Waals surface area contributed by atoms with Gasteiger partial charge in [-0.05, 0) is 30.8 Å². The predicted octanol–water partition coefficient (Wildman–Crippen LogP) is 1.55. The van der Waals surface area contributed by atoms with E-state index in [0.717, 1.165) is 10.6 Å². The highest BCUT2D eigenvalue weighted by Crippen LogP contribution is 2.36. The van der Waals surface area contributed by atoms with E-state index in [1.807, 2.05) is 0 Å². The first kappa shape index (κ1) is 9.96. The first-order valence-corrected chi connectivity index (χ1v) is 5.48. The van der Waals surface area contributed by atoms with Gasteiger partial charge in [0.05, 0.1) is 6.10 Å². The first-order chi connectivity index (χ1) is 6.72. The van der Waals surface area contributed by atoms with E-state index in [4.69, 9.17) is 0 Å². The third kappa shape index (κ3) is 1.65. The molecule has 2 N–H and O–H groups in total. The van der Waals surface area contributed by atoms with E-state index in [0.29, 0.717) is 5.56 Å². The van der Waals surface area contributed by atoms with Gasteiger partial charge in [0.2, 0.25) is 0 Å². The summed E-state index contributed by atoms with van der Waals surface area (Å²) in [6.45, 7) is 0. The average Bonchev–Trinajstić information content (AvgIpc) is 2.20. The van der Waals surface area contributed by atoms with E-state index in [9.17, 15) is 9.50 Å². The molecule has 0 amide bonds. The standard InChI is InChI=1S/C10H12FNOS/c1-12-8-5-14-9-3-2-6(11)4-7(9)10(8)13/h2-4,8,10,12-13H,5H2,1H3. The summed E-state index contributed by atoms with van der Waals surface area (Å²) in [6.07, 6.45) is -0.605. The van der Waals surface area contributed by atoms with E-state index in [2.05, 4.69) is 5.32 Å². The number of aliphatic hydroxyl groups is 1. The van der Waals surface area contributed by atoms with Crippen molar-refractivity contribution in [1.82, 2.24) is 5.32 Å². The minimum atomic E-state index is -0.605. The summed E-state index contributed by atoms with van der Waals surface area (Å²) in [6, 6.07) is 4.58. The van der Waals surface area contributed by atoms with E-state index < -0.39 is 6.10 Å². The lowest BCUT2D eigenvalue weighted by Gasteiger charge is -2.29. The van der Waals surface area contributed by atoms with Crippen LogP contribution in [0.3, 0.4) is 0 Å². The van der Waals surface area contributed by atoms with Gasteiger partial charge >= 0.3 is 0 Å². The molecule has 0 saturated carbocycles. The van der Waals surface area contributed by atoms with Crippen LogP contribution in [-0.2, 0) is 0 Å². The zero-order chi connectivity index (χ0) is 10.1. The second-order valence-corrected chi connectivity index (χ2v) is 4.39. The molecule has 2 rings (SSSR count). The smallest absolute Gasteiger partial charge is 0.123 e. The van der Waals surface area contributed by atoms with Crippen LogP contribution in [0.5, 0.6) is 0 Å². The molecule has 1 aromatic rings. The lowest BCUT2D eigenvalue weighted by Crippen LogP contribution is -2.36. The second-order valence-electron chi connectivity index (χ2n) is 3.33. The summed E-state index contributed by atoms with van der Waals surface area (Å²) in [7, 11) is 1.80. The molecule has 0 aliphatic carbocycles. The summed E-state index contributed by atoms with van der Waals surface area (Å²) < 4.78 is 13.0. The van der Waals surface area contributed by atoms with Crippen LogP contribution in [0.25, 0.3) is 0 Å². The maximum Gasteiger partial charge on any atom is 0.123 e. The molecule has 0 spiro atoms. The molecule has 76 valence electrons. The van der Waals surface area contributed by atoms with Crippen molar-refractivity contribution in [2.24, 2.45) is 0 Å². The predicted molar refractivity (Wildman–Crippen MR) is 54.9 cm³/mol. The first-order valence-electron chi connectivity index (χ1n) is 4.50. The maximum atomic E-state index is 13.0. The Balaban J connectivity index is 2.38. The molecule has 14 heavy (non-hydrogen) atoms. The summed E-state index contributed by atoms with van der Waals surface area (Å²) >= 11 is 1.64. The number of thioether (sulfide) groups is 1. The minimum Gasteiger partial charge on any atom is -0.387 e. The third-order valence-electron chi connectivity index (χ3n) is 2.46. The lowest BCUT2D eigenvalue weighted by molar-refractivity contribution is 0.136. The SMILES string of the molecule is CNC1CSc2ccc(F)cc2C1O. The van der Waals surface area contributed by atoms with Crippen LogP contribution in [0.2, 0.25) is 0 Å². The monoisotopic (exact) mass is 213 g/mol. The largest absolute Gasteiger partial charge is 0.387 e. The van der Waals surface area contributed by atoms with E-state index in [1.54, 1.807) is 24.9 Å². The van der Waals surface area contributed by atoms with Crippen LogP contribution in [0, 0.1) is 5.82 Å². The fourth-order valence-corrected chi connectivity index (χ4v) is 2.83. The summed E-state index contributed by atoms with van der Waals surface area (Å²) in [4.78, 5) is 0.977. The Labute approximate surface area is 86.5 Å². The highest BCUT2D eigenvalue weighted by molar-refractivity contribution is 7.99. The van der Waals surface area contributed by atoms with Crippen molar-refractivity contribution in [2.75, 3.05) is 12.8 Å². The highest BCUT2D eigenvalue weighted by Gasteiger charge is 2.27. The molecule has 1 aliphatic rings. The van der Waals surface area contributed by atoms with Crippen molar-refractivity contribution in [3.8, 4) is 0 Å². The molecule has 1 aliphatic heterocycles. The zero-order valence-electron chi connectivity index (χ0n) is 7.83. The van der Waals surface area contributed by atoms with Crippen molar-refractivity contribution in [3.63, 3.8) is 0 Å². The Morgan fingerprint density at radius 3 is 3.07 bits per heavy atom. The Hall–Kier alpha value is -0.580. The molecule has 0 aromatic heterocycles. The van der Waals surface area contributed by atoms with Gasteiger partial charge in [-0.25, -0.2) is 4.39 Å². The highest BCUT2D eigenvalue weighted by atomic mass is 32.2. The van der Waals surface area contributed by atoms with Crippen molar-refractivity contribution in [3.05, 3.63) is 29.6 Å². The summed E-state index contributed by atoms with van der Waals surface area (Å²) in [5, 5.41) is 12.9. The van der Waals surface area contributed by atoms with Gasteiger partial charge in [0, 0.05) is 16.7 Å². The molecule has 0 fully saturated rings. The van der Waals surface area contributed by atoms with Gasteiger partial charge in [-0.15, -0.1) is 11.8 Å². The average molecular weight is 213 g/mol. The normalized spacial score (nSPS) is 25.9. The summed E-state index contributed by atoms with van der Waals surface area (Å²) in [5.41, 5.74) is 0.695. The van der Waals surface area contributed by atoms with E-state index >= 15 is 0 Å². The second kappa shape index (κ2) is 3.88. The van der Waals surface area contributed by atoms with Crippen LogP contribution in [-0.4, -0.2) is 23.9 Å². The molecule has 2 nitrogen and oxygen atoms in total. The number of benzene rings is 1. The fraction of sp³-hybridized carbons (Fsp3) is 0.400. The molecule has 0 saturated heterocycles. The van der Waals surface area contributed by atoms with E-state index in [-0.39, 0.29) is 11.9 Å². The topological polar surface area (TPSA) is 32.3 Å². The molecule has 0 bridgehead atoms. The fourth-order valence-electron chi connectivity index (χ4n) is 1.61. The molecule has 1 aromatic carbocycles. The van der Waals surface area contributed by atoms with Crippen molar-refractivity contribution in [1.29, 1.82) is 0 Å². The molecular weight excluding hydrogens is 201 g/mol. The van der Waals surface area contributed by atoms with Crippen molar-refractivity contribution < 1.29 is 9.50 Å². The number of likely N-dealkylation sites (N-methyl/N-ethyl adjacent to an activating group) is 1. The van der Waals surface area contributed by atoms with Crippen LogP contribution in [0.4, 0.5) is 4.39 Å². The quantitative estimate of drug-likeness (QED) is 0.742. The molecule has 4 heteroatoms. The molecule has 2 unspecified atom stereocenters. The lowest BCUT2D eigenvalue weighted by atomic mass is 10.0. The minimum absolute atomic E-state index is 0.00861. The Morgan fingerprint density at radius 2 is 2.36 bits per heavy atom. The molecule has 0 radical (unpaired) electrons. The van der Waals surface area contributed by atoms with Crippen LogP contribution in [0.1, 0.15) is 11.7 Å². The van der Waals surface area contributed by atoms with Crippen LogP contribution >= 0.6 is 11.8 Å². The van der Waals surface area contributed by atoms with Crippen molar-refractivity contribution in [2.45, 2.75) is 17.0 Å². The molecule has 2 atom stereocenters.